The van der Waals surface area contributed by atoms with E-state index in [4.69, 9.17) is 0 Å². The number of rotatable bonds is 3. The lowest BCUT2D eigenvalue weighted by atomic mass is 9.36. The molecule has 294 valence electrons. The fraction of sp³-hybridized carbons (Fsp3) is 0.0508. The van der Waals surface area contributed by atoms with Crippen LogP contribution in [0.15, 0.2) is 200 Å². The third kappa shape index (κ3) is 4.63. The number of nitrogens with zero attached hydrogens (tertiary/aromatic N) is 2. The van der Waals surface area contributed by atoms with Crippen molar-refractivity contribution < 1.29 is 0 Å². The summed E-state index contributed by atoms with van der Waals surface area (Å²) in [5, 5.41) is 1.31. The number of fused-ring (bicyclic) bond motifs is 16. The molecule has 63 heavy (non-hydrogen) atoms. The average Bonchev–Trinajstić information content (AvgIpc) is 3.95. The molecule has 14 rings (SSSR count). The number of para-hydroxylation sites is 1. The zero-order valence-electron chi connectivity index (χ0n) is 34.9. The lowest BCUT2D eigenvalue weighted by molar-refractivity contribution is 0.794. The van der Waals surface area contributed by atoms with Gasteiger partial charge in [0.15, 0.2) is 0 Å². The standard InChI is InChI=1S/C59H39BN2S/c1-36-24-28-41(29-25-36)62-53-23-13-22-52-56(53)60(51-31-27-39(38-14-5-3-6-15-38)33-54(51)61(52)40-16-7-4-8-17-40)58-57(62)46-34-45-44-30-26-37(2)32-49(44)59(50(45)35-55(46)63-58)47-20-11-9-18-42(47)43-19-10-12-21-48(43)59/h3-35H,1-2H3. The molecule has 0 amide bonds. The van der Waals surface area contributed by atoms with Gasteiger partial charge in [-0.25, -0.2) is 0 Å². The van der Waals surface area contributed by atoms with Crippen LogP contribution >= 0.6 is 11.3 Å². The fourth-order valence-electron chi connectivity index (χ4n) is 11.8. The molecule has 0 saturated heterocycles. The zero-order valence-corrected chi connectivity index (χ0v) is 35.7. The molecule has 0 bridgehead atoms. The minimum Gasteiger partial charge on any atom is -0.311 e. The van der Waals surface area contributed by atoms with Crippen LogP contribution in [0.3, 0.4) is 0 Å². The van der Waals surface area contributed by atoms with Crippen LogP contribution in [0.25, 0.3) is 43.5 Å². The summed E-state index contributed by atoms with van der Waals surface area (Å²) < 4.78 is 2.71. The molecular weight excluding hydrogens is 780 g/mol. The van der Waals surface area contributed by atoms with E-state index in [9.17, 15) is 0 Å². The Kier molecular flexibility index (Phi) is 7.17. The van der Waals surface area contributed by atoms with Crippen LogP contribution in [0.5, 0.6) is 0 Å². The normalized spacial score (nSPS) is 14.2. The van der Waals surface area contributed by atoms with Crippen molar-refractivity contribution >= 4 is 78.0 Å². The summed E-state index contributed by atoms with van der Waals surface area (Å²) in [6.07, 6.45) is 0. The number of aryl methyl sites for hydroxylation is 2. The second kappa shape index (κ2) is 12.8. The number of anilines is 6. The Labute approximate surface area is 372 Å². The summed E-state index contributed by atoms with van der Waals surface area (Å²) >= 11 is 1.99. The van der Waals surface area contributed by atoms with Gasteiger partial charge in [0.25, 0.3) is 6.71 Å². The minimum absolute atomic E-state index is 0.0387. The van der Waals surface area contributed by atoms with Gasteiger partial charge < -0.3 is 9.80 Å². The van der Waals surface area contributed by atoms with Crippen LogP contribution < -0.4 is 25.5 Å². The Morgan fingerprint density at radius 1 is 0.429 bits per heavy atom. The second-order valence-electron chi connectivity index (χ2n) is 17.7. The maximum absolute atomic E-state index is 2.60. The summed E-state index contributed by atoms with van der Waals surface area (Å²) in [5.74, 6) is 0. The molecule has 2 aliphatic heterocycles. The molecule has 0 unspecified atom stereocenters. The first-order valence-corrected chi connectivity index (χ1v) is 22.9. The highest BCUT2D eigenvalue weighted by atomic mass is 32.1. The van der Waals surface area contributed by atoms with Crippen molar-refractivity contribution in [3.63, 3.8) is 0 Å². The third-order valence-corrected chi connectivity index (χ3v) is 15.6. The molecular formula is C59H39BN2S. The Hall–Kier alpha value is -7.40. The monoisotopic (exact) mass is 818 g/mol. The molecule has 0 radical (unpaired) electrons. The predicted molar refractivity (Wildman–Crippen MR) is 267 cm³/mol. The van der Waals surface area contributed by atoms with E-state index in [1.165, 1.54) is 121 Å². The quantitative estimate of drug-likeness (QED) is 0.164. The van der Waals surface area contributed by atoms with Crippen molar-refractivity contribution in [2.24, 2.45) is 0 Å². The van der Waals surface area contributed by atoms with E-state index in [1.54, 1.807) is 0 Å². The average molecular weight is 819 g/mol. The summed E-state index contributed by atoms with van der Waals surface area (Å²) in [4.78, 5) is 5.09. The number of thiophene rings is 1. The van der Waals surface area contributed by atoms with Crippen molar-refractivity contribution in [1.82, 2.24) is 0 Å². The summed E-state index contributed by atoms with van der Waals surface area (Å²) in [6.45, 7) is 4.46. The predicted octanol–water partition coefficient (Wildman–Crippen LogP) is 13.6. The third-order valence-electron chi connectivity index (χ3n) is 14.4. The minimum atomic E-state index is -0.406. The van der Waals surface area contributed by atoms with Crippen molar-refractivity contribution in [2.75, 3.05) is 9.80 Å². The molecule has 1 spiro atoms. The van der Waals surface area contributed by atoms with Gasteiger partial charge >= 0.3 is 0 Å². The lowest BCUT2D eigenvalue weighted by Gasteiger charge is -2.43. The van der Waals surface area contributed by atoms with Crippen LogP contribution in [-0.2, 0) is 5.41 Å². The highest BCUT2D eigenvalue weighted by Gasteiger charge is 2.52. The van der Waals surface area contributed by atoms with E-state index in [1.807, 2.05) is 11.3 Å². The first-order valence-electron chi connectivity index (χ1n) is 22.0. The Balaban J connectivity index is 1.09. The molecule has 4 heteroatoms. The molecule has 0 fully saturated rings. The van der Waals surface area contributed by atoms with Crippen LogP contribution in [0.2, 0.25) is 0 Å². The molecule has 10 aromatic rings. The molecule has 3 heterocycles. The molecule has 2 nitrogen and oxygen atoms in total. The van der Waals surface area contributed by atoms with Gasteiger partial charge in [0.2, 0.25) is 0 Å². The fourth-order valence-corrected chi connectivity index (χ4v) is 13.1. The van der Waals surface area contributed by atoms with Gasteiger partial charge in [0, 0.05) is 43.3 Å². The molecule has 9 aromatic carbocycles. The van der Waals surface area contributed by atoms with E-state index < -0.39 is 5.41 Å². The van der Waals surface area contributed by atoms with Gasteiger partial charge in [-0.3, -0.25) is 0 Å². The van der Waals surface area contributed by atoms with Crippen molar-refractivity contribution in [3.8, 4) is 33.4 Å². The van der Waals surface area contributed by atoms with Crippen LogP contribution in [-0.4, -0.2) is 6.71 Å². The summed E-state index contributed by atoms with van der Waals surface area (Å²) in [5.41, 5.74) is 25.5. The Morgan fingerprint density at radius 3 is 1.79 bits per heavy atom. The van der Waals surface area contributed by atoms with E-state index in [0.717, 1.165) is 5.69 Å². The van der Waals surface area contributed by atoms with Gasteiger partial charge in [-0.15, -0.1) is 11.3 Å². The number of hydrogen-bond acceptors (Lipinski definition) is 3. The first-order chi connectivity index (χ1) is 31.1. The molecule has 4 aliphatic rings. The highest BCUT2D eigenvalue weighted by molar-refractivity contribution is 7.33. The van der Waals surface area contributed by atoms with Crippen LogP contribution in [0, 0.1) is 13.8 Å². The van der Waals surface area contributed by atoms with Gasteiger partial charge in [-0.2, -0.15) is 0 Å². The summed E-state index contributed by atoms with van der Waals surface area (Å²) in [7, 11) is 0. The summed E-state index contributed by atoms with van der Waals surface area (Å²) in [6, 6.07) is 75.7. The Morgan fingerprint density at radius 2 is 1.05 bits per heavy atom. The van der Waals surface area contributed by atoms with Gasteiger partial charge in [0.05, 0.1) is 11.1 Å². The largest absolute Gasteiger partial charge is 0.311 e. The molecule has 0 N–H and O–H groups in total. The smallest absolute Gasteiger partial charge is 0.264 e. The second-order valence-corrected chi connectivity index (χ2v) is 18.8. The van der Waals surface area contributed by atoms with Crippen LogP contribution in [0.4, 0.5) is 34.1 Å². The first kappa shape index (κ1) is 35.2. The van der Waals surface area contributed by atoms with E-state index >= 15 is 0 Å². The molecule has 1 aromatic heterocycles. The zero-order chi connectivity index (χ0) is 41.6. The van der Waals surface area contributed by atoms with E-state index in [-0.39, 0.29) is 6.71 Å². The van der Waals surface area contributed by atoms with Crippen molar-refractivity contribution in [1.29, 1.82) is 0 Å². The van der Waals surface area contributed by atoms with E-state index in [0.29, 0.717) is 0 Å². The maximum atomic E-state index is 2.60. The van der Waals surface area contributed by atoms with Gasteiger partial charge in [0.1, 0.15) is 0 Å². The SMILES string of the molecule is Cc1ccc(N2c3cccc4c3B(c3ccc(-c5ccccc5)cc3N4c3ccccc3)c3sc4cc5c(cc4c32)-c2ccc(C)cc2C52c3ccccc3-c3ccccc32)cc1. The molecule has 0 atom stereocenters. The van der Waals surface area contributed by atoms with Crippen molar-refractivity contribution in [3.05, 3.63) is 234 Å². The molecule has 2 aliphatic carbocycles. The van der Waals surface area contributed by atoms with Crippen molar-refractivity contribution in [2.45, 2.75) is 19.3 Å². The number of benzene rings is 9. The van der Waals surface area contributed by atoms with Gasteiger partial charge in [-0.1, -0.05) is 157 Å². The Bertz CT molecular complexity index is 3510. The topological polar surface area (TPSA) is 6.48 Å². The highest BCUT2D eigenvalue weighted by Crippen LogP contribution is 2.64. The maximum Gasteiger partial charge on any atom is 0.264 e. The van der Waals surface area contributed by atoms with Gasteiger partial charge in [-0.05, 0) is 135 Å². The van der Waals surface area contributed by atoms with E-state index in [2.05, 4.69) is 224 Å². The van der Waals surface area contributed by atoms with Crippen LogP contribution in [0.1, 0.15) is 33.4 Å². The number of hydrogen-bond donors (Lipinski definition) is 0. The molecule has 0 saturated carbocycles. The lowest BCUT2D eigenvalue weighted by Crippen LogP contribution is -2.60.